The van der Waals surface area contributed by atoms with E-state index >= 15 is 0 Å². The number of thioether (sulfide) groups is 1. The summed E-state index contributed by atoms with van der Waals surface area (Å²) in [6.07, 6.45) is -0.172. The summed E-state index contributed by atoms with van der Waals surface area (Å²) in [6.45, 7) is 11.8. The van der Waals surface area contributed by atoms with Gasteiger partial charge in [0.15, 0.2) is 0 Å². The predicted molar refractivity (Wildman–Crippen MR) is 63.8 cm³/mol. The van der Waals surface area contributed by atoms with Crippen molar-refractivity contribution in [1.29, 1.82) is 0 Å². The van der Waals surface area contributed by atoms with Crippen molar-refractivity contribution in [2.75, 3.05) is 25.4 Å². The average Bonchev–Trinajstić information content (AvgIpc) is 2.01. The van der Waals surface area contributed by atoms with Gasteiger partial charge in [-0.2, -0.15) is 11.8 Å². The van der Waals surface area contributed by atoms with Crippen molar-refractivity contribution in [3.05, 3.63) is 0 Å². The smallest absolute Gasteiger partial charge is 0.0689 e. The molecule has 0 aromatic heterocycles. The van der Waals surface area contributed by atoms with Crippen LogP contribution >= 0.6 is 11.8 Å². The van der Waals surface area contributed by atoms with E-state index in [9.17, 15) is 5.11 Å². The van der Waals surface area contributed by atoms with Gasteiger partial charge in [0.1, 0.15) is 0 Å². The molecule has 0 saturated carbocycles. The Bertz CT molecular complexity index is 182. The van der Waals surface area contributed by atoms with Crippen molar-refractivity contribution in [3.8, 4) is 0 Å². The van der Waals surface area contributed by atoms with Gasteiger partial charge in [-0.15, -0.1) is 0 Å². The molecule has 0 amide bonds. The second kappa shape index (κ2) is 4.86. The lowest BCUT2D eigenvalue weighted by Gasteiger charge is -2.38. The number of aliphatic hydroxyl groups is 1. The molecule has 0 spiro atoms. The minimum Gasteiger partial charge on any atom is -0.392 e. The molecule has 0 bridgehead atoms. The molecular formula is C11H23NOS. The topological polar surface area (TPSA) is 23.5 Å². The van der Waals surface area contributed by atoms with Gasteiger partial charge in [-0.3, -0.25) is 4.90 Å². The van der Waals surface area contributed by atoms with Crippen molar-refractivity contribution in [2.24, 2.45) is 5.92 Å². The summed E-state index contributed by atoms with van der Waals surface area (Å²) in [7, 11) is 0. The first-order valence-electron chi connectivity index (χ1n) is 5.45. The third kappa shape index (κ3) is 3.79. The summed E-state index contributed by atoms with van der Waals surface area (Å²) < 4.78 is 0.356. The van der Waals surface area contributed by atoms with E-state index in [-0.39, 0.29) is 6.10 Å². The summed E-state index contributed by atoms with van der Waals surface area (Å²) in [6, 6.07) is 0. The van der Waals surface area contributed by atoms with Gasteiger partial charge < -0.3 is 5.11 Å². The third-order valence-electron chi connectivity index (χ3n) is 2.72. The molecule has 1 atom stereocenters. The number of β-amino-alcohol motifs (C(OH)–C–C–N with tert-alkyl or cyclic N) is 1. The highest BCUT2D eigenvalue weighted by Gasteiger charge is 2.28. The Kier molecular flexibility index (Phi) is 4.29. The molecule has 1 fully saturated rings. The molecule has 1 heterocycles. The normalized spacial score (nSPS) is 25.3. The van der Waals surface area contributed by atoms with Crippen molar-refractivity contribution < 1.29 is 5.11 Å². The zero-order valence-electron chi connectivity index (χ0n) is 9.79. The Morgan fingerprint density at radius 3 is 2.57 bits per heavy atom. The Hall–Kier alpha value is 0.270. The van der Waals surface area contributed by atoms with Crippen LogP contribution < -0.4 is 0 Å². The molecule has 1 aliphatic rings. The second-order valence-corrected chi connectivity index (χ2v) is 6.96. The van der Waals surface area contributed by atoms with Crippen LogP contribution in [0.1, 0.15) is 27.7 Å². The van der Waals surface area contributed by atoms with Crippen LogP contribution in [0.4, 0.5) is 0 Å². The molecule has 0 aliphatic carbocycles. The molecule has 14 heavy (non-hydrogen) atoms. The van der Waals surface area contributed by atoms with Crippen LogP contribution in [0.15, 0.2) is 0 Å². The number of hydrogen-bond donors (Lipinski definition) is 1. The van der Waals surface area contributed by atoms with Gasteiger partial charge in [0.05, 0.1) is 6.10 Å². The van der Waals surface area contributed by atoms with Gasteiger partial charge in [0, 0.05) is 30.1 Å². The fourth-order valence-electron chi connectivity index (χ4n) is 1.75. The molecule has 2 nitrogen and oxygen atoms in total. The van der Waals surface area contributed by atoms with E-state index in [1.807, 2.05) is 11.8 Å². The molecule has 1 unspecified atom stereocenters. The van der Waals surface area contributed by atoms with Crippen LogP contribution in [-0.4, -0.2) is 46.2 Å². The molecule has 1 aliphatic heterocycles. The summed E-state index contributed by atoms with van der Waals surface area (Å²) in [5.74, 6) is 1.56. The first-order chi connectivity index (χ1) is 6.41. The fraction of sp³-hybridized carbons (Fsp3) is 1.00. The van der Waals surface area contributed by atoms with Crippen LogP contribution in [0.2, 0.25) is 0 Å². The molecule has 3 heteroatoms. The average molecular weight is 217 g/mol. The van der Waals surface area contributed by atoms with Gasteiger partial charge in [-0.1, -0.05) is 13.8 Å². The van der Waals surface area contributed by atoms with E-state index in [4.69, 9.17) is 0 Å². The molecule has 1 saturated heterocycles. The highest BCUT2D eigenvalue weighted by atomic mass is 32.2. The van der Waals surface area contributed by atoms with E-state index < -0.39 is 0 Å². The summed E-state index contributed by atoms with van der Waals surface area (Å²) >= 11 is 2.04. The fourth-order valence-corrected chi connectivity index (χ4v) is 2.92. The molecule has 0 radical (unpaired) electrons. The predicted octanol–water partition coefficient (Wildman–Crippen LogP) is 1.83. The second-order valence-electron chi connectivity index (χ2n) is 5.15. The molecule has 1 rings (SSSR count). The Labute approximate surface area is 92.1 Å². The quantitative estimate of drug-likeness (QED) is 0.780. The minimum atomic E-state index is -0.172. The van der Waals surface area contributed by atoms with Crippen molar-refractivity contribution in [2.45, 2.75) is 38.5 Å². The van der Waals surface area contributed by atoms with Crippen molar-refractivity contribution in [3.63, 3.8) is 0 Å². The van der Waals surface area contributed by atoms with Crippen LogP contribution in [0.5, 0.6) is 0 Å². The van der Waals surface area contributed by atoms with Gasteiger partial charge in [-0.25, -0.2) is 0 Å². The van der Waals surface area contributed by atoms with Crippen LogP contribution in [0, 0.1) is 5.92 Å². The number of nitrogens with zero attached hydrogens (tertiary/aromatic N) is 1. The SMILES string of the molecule is CC(C)C(O)CN1CCSC(C)(C)C1. The maximum atomic E-state index is 9.80. The summed E-state index contributed by atoms with van der Waals surface area (Å²) in [5.41, 5.74) is 0. The van der Waals surface area contributed by atoms with Crippen LogP contribution in [0.3, 0.4) is 0 Å². The summed E-state index contributed by atoms with van der Waals surface area (Å²) in [5, 5.41) is 9.80. The molecule has 1 N–H and O–H groups in total. The van der Waals surface area contributed by atoms with E-state index in [1.54, 1.807) is 0 Å². The zero-order chi connectivity index (χ0) is 10.8. The Morgan fingerprint density at radius 2 is 2.07 bits per heavy atom. The Morgan fingerprint density at radius 1 is 1.43 bits per heavy atom. The van der Waals surface area contributed by atoms with E-state index in [1.165, 1.54) is 5.75 Å². The van der Waals surface area contributed by atoms with Crippen LogP contribution in [-0.2, 0) is 0 Å². The molecule has 0 aromatic carbocycles. The third-order valence-corrected chi connectivity index (χ3v) is 4.02. The van der Waals surface area contributed by atoms with E-state index in [0.717, 1.165) is 19.6 Å². The standard InChI is InChI=1S/C11H23NOS/c1-9(2)10(13)7-12-5-6-14-11(3,4)8-12/h9-10,13H,5-8H2,1-4H3. The maximum absolute atomic E-state index is 9.80. The van der Waals surface area contributed by atoms with Gasteiger partial charge in [0.2, 0.25) is 0 Å². The Balaban J connectivity index is 2.38. The number of aliphatic hydroxyl groups excluding tert-OH is 1. The number of rotatable bonds is 3. The summed E-state index contributed by atoms with van der Waals surface area (Å²) in [4.78, 5) is 2.39. The van der Waals surface area contributed by atoms with E-state index in [2.05, 4.69) is 32.6 Å². The first kappa shape index (κ1) is 12.3. The molecular weight excluding hydrogens is 194 g/mol. The zero-order valence-corrected chi connectivity index (χ0v) is 10.6. The maximum Gasteiger partial charge on any atom is 0.0689 e. The van der Waals surface area contributed by atoms with Gasteiger partial charge in [-0.05, 0) is 19.8 Å². The lowest BCUT2D eigenvalue weighted by atomic mass is 10.1. The van der Waals surface area contributed by atoms with E-state index in [0.29, 0.717) is 10.7 Å². The first-order valence-corrected chi connectivity index (χ1v) is 6.44. The largest absolute Gasteiger partial charge is 0.392 e. The number of hydrogen-bond acceptors (Lipinski definition) is 3. The van der Waals surface area contributed by atoms with Crippen LogP contribution in [0.25, 0.3) is 0 Å². The van der Waals surface area contributed by atoms with Gasteiger partial charge in [0.25, 0.3) is 0 Å². The van der Waals surface area contributed by atoms with Crippen molar-refractivity contribution in [1.82, 2.24) is 4.90 Å². The molecule has 0 aromatic rings. The highest BCUT2D eigenvalue weighted by molar-refractivity contribution is 8.00. The highest BCUT2D eigenvalue weighted by Crippen LogP contribution is 2.29. The van der Waals surface area contributed by atoms with Crippen molar-refractivity contribution >= 4 is 11.8 Å². The van der Waals surface area contributed by atoms with Gasteiger partial charge >= 0.3 is 0 Å². The molecule has 84 valence electrons. The minimum absolute atomic E-state index is 0.172. The lowest BCUT2D eigenvalue weighted by Crippen LogP contribution is -2.46. The lowest BCUT2D eigenvalue weighted by molar-refractivity contribution is 0.0744. The monoisotopic (exact) mass is 217 g/mol.